The Balaban J connectivity index is 2.58. The SMILES string of the molecule is CC1=[SH]SC(=O)N1. The molecule has 1 amide bonds. The molecular weight excluding hydrogens is 130 g/mol. The molecule has 0 aromatic rings. The van der Waals surface area contributed by atoms with Crippen molar-refractivity contribution in [2.45, 2.75) is 6.92 Å². The van der Waals surface area contributed by atoms with Crippen LogP contribution in [0, 0.1) is 0 Å². The maximum absolute atomic E-state index is 10.3. The van der Waals surface area contributed by atoms with Crippen molar-refractivity contribution >= 4 is 31.4 Å². The summed E-state index contributed by atoms with van der Waals surface area (Å²) in [6.07, 6.45) is 0. The molecule has 1 aliphatic heterocycles. The van der Waals surface area contributed by atoms with Crippen molar-refractivity contribution in [3.63, 3.8) is 0 Å². The van der Waals surface area contributed by atoms with E-state index in [-0.39, 0.29) is 5.24 Å². The first-order valence-corrected chi connectivity index (χ1v) is 4.13. The molecule has 0 aromatic heterocycles. The molecule has 0 aliphatic carbocycles. The summed E-state index contributed by atoms with van der Waals surface area (Å²) in [6.45, 7) is 1.90. The van der Waals surface area contributed by atoms with Crippen LogP contribution in [0.1, 0.15) is 6.92 Å². The third-order valence-corrected chi connectivity index (χ3v) is 2.89. The predicted octanol–water partition coefficient (Wildman–Crippen LogP) is 0.973. The Labute approximate surface area is 49.0 Å². The smallest absolute Gasteiger partial charge is 0.293 e. The first kappa shape index (κ1) is 5.18. The number of thiol groups is 1. The first-order chi connectivity index (χ1) is 3.29. The van der Waals surface area contributed by atoms with E-state index in [1.54, 1.807) is 0 Å². The average Bonchev–Trinajstić information content (AvgIpc) is 1.87. The fraction of sp³-hybridized carbons (Fsp3) is 0.333. The van der Waals surface area contributed by atoms with Gasteiger partial charge >= 0.3 is 0 Å². The van der Waals surface area contributed by atoms with Crippen LogP contribution in [0.15, 0.2) is 0 Å². The molecule has 0 saturated carbocycles. The summed E-state index contributed by atoms with van der Waals surface area (Å²) in [7, 11) is 2.35. The summed E-state index contributed by atoms with van der Waals surface area (Å²) in [4.78, 5) is 11.3. The second-order valence-electron chi connectivity index (χ2n) is 1.18. The molecule has 0 spiro atoms. The standard InChI is InChI=1S/C3H5NOS2/c1-2-4-3(5)7-6-2/h6H,1H3,(H,4,5). The van der Waals surface area contributed by atoms with Crippen molar-refractivity contribution in [3.8, 4) is 0 Å². The van der Waals surface area contributed by atoms with Gasteiger partial charge in [-0.3, -0.25) is 4.79 Å². The van der Waals surface area contributed by atoms with Gasteiger partial charge in [0, 0.05) is 4.99 Å². The molecule has 4 heteroatoms. The van der Waals surface area contributed by atoms with Crippen molar-refractivity contribution in [2.75, 3.05) is 0 Å². The lowest BCUT2D eigenvalue weighted by Crippen LogP contribution is -2.16. The largest absolute Gasteiger partial charge is 0.315 e. The van der Waals surface area contributed by atoms with Crippen molar-refractivity contribution in [1.82, 2.24) is 5.32 Å². The normalized spacial score (nSPS) is 20.1. The minimum Gasteiger partial charge on any atom is -0.315 e. The second kappa shape index (κ2) is 1.88. The molecule has 0 atom stereocenters. The van der Waals surface area contributed by atoms with Gasteiger partial charge in [0.2, 0.25) is 0 Å². The van der Waals surface area contributed by atoms with Gasteiger partial charge in [-0.1, -0.05) is 0 Å². The van der Waals surface area contributed by atoms with Gasteiger partial charge in [0.15, 0.2) is 0 Å². The van der Waals surface area contributed by atoms with Crippen LogP contribution in [0.5, 0.6) is 0 Å². The second-order valence-corrected chi connectivity index (χ2v) is 3.68. The lowest BCUT2D eigenvalue weighted by molar-refractivity contribution is 0.265. The summed E-state index contributed by atoms with van der Waals surface area (Å²) >= 11 is 0. The van der Waals surface area contributed by atoms with Crippen molar-refractivity contribution in [2.24, 2.45) is 0 Å². The summed E-state index contributed by atoms with van der Waals surface area (Å²) in [6, 6.07) is 0. The van der Waals surface area contributed by atoms with Gasteiger partial charge in [-0.05, 0) is 17.7 Å². The molecular formula is C3H5NOS2. The van der Waals surface area contributed by atoms with Crippen LogP contribution in [-0.4, -0.2) is 10.2 Å². The van der Waals surface area contributed by atoms with Gasteiger partial charge in [-0.25, -0.2) is 0 Å². The Bertz CT molecular complexity index is 131. The monoisotopic (exact) mass is 135 g/mol. The summed E-state index contributed by atoms with van der Waals surface area (Å²) in [5, 5.41) is 2.71. The van der Waals surface area contributed by atoms with Crippen LogP contribution in [0.4, 0.5) is 4.79 Å². The van der Waals surface area contributed by atoms with Crippen molar-refractivity contribution in [3.05, 3.63) is 0 Å². The minimum absolute atomic E-state index is 0.0687. The third-order valence-electron chi connectivity index (χ3n) is 0.548. The molecule has 7 heavy (non-hydrogen) atoms. The highest BCUT2D eigenvalue weighted by atomic mass is 33.1. The average molecular weight is 135 g/mol. The highest BCUT2D eigenvalue weighted by Gasteiger charge is 2.05. The zero-order chi connectivity index (χ0) is 5.28. The first-order valence-electron chi connectivity index (χ1n) is 1.81. The van der Waals surface area contributed by atoms with E-state index in [1.165, 1.54) is 10.8 Å². The van der Waals surface area contributed by atoms with Crippen LogP contribution in [0.3, 0.4) is 0 Å². The van der Waals surface area contributed by atoms with Crippen LogP contribution in [-0.2, 0) is 0 Å². The molecule has 1 rings (SSSR count). The van der Waals surface area contributed by atoms with E-state index in [0.29, 0.717) is 0 Å². The number of carbonyl (C=O) groups excluding carboxylic acids is 1. The molecule has 1 heterocycles. The van der Waals surface area contributed by atoms with Crippen LogP contribution < -0.4 is 5.32 Å². The van der Waals surface area contributed by atoms with E-state index >= 15 is 0 Å². The number of hydrogen-bond acceptors (Lipinski definition) is 2. The Morgan fingerprint density at radius 3 is 2.71 bits per heavy atom. The lowest BCUT2D eigenvalue weighted by Gasteiger charge is -1.85. The Kier molecular flexibility index (Phi) is 1.39. The summed E-state index contributed by atoms with van der Waals surface area (Å²) in [5.74, 6) is 0. The number of amides is 1. The van der Waals surface area contributed by atoms with Gasteiger partial charge in [0.25, 0.3) is 5.24 Å². The molecule has 0 bridgehead atoms. The Morgan fingerprint density at radius 1 is 1.86 bits per heavy atom. The molecule has 1 N–H and O–H groups in total. The molecule has 0 unspecified atom stereocenters. The van der Waals surface area contributed by atoms with E-state index in [2.05, 4.69) is 5.32 Å². The lowest BCUT2D eigenvalue weighted by atomic mass is 10.8. The summed E-state index contributed by atoms with van der Waals surface area (Å²) in [5.41, 5.74) is 0. The molecule has 0 saturated heterocycles. The maximum atomic E-state index is 10.3. The zero-order valence-corrected chi connectivity index (χ0v) is 5.47. The van der Waals surface area contributed by atoms with Crippen molar-refractivity contribution in [1.29, 1.82) is 0 Å². The van der Waals surface area contributed by atoms with E-state index in [1.807, 2.05) is 6.92 Å². The van der Waals surface area contributed by atoms with Crippen LogP contribution in [0.25, 0.3) is 0 Å². The van der Waals surface area contributed by atoms with E-state index in [4.69, 9.17) is 0 Å². The van der Waals surface area contributed by atoms with Gasteiger partial charge in [-0.2, -0.15) is 0 Å². The summed E-state index contributed by atoms with van der Waals surface area (Å²) < 4.78 is 0. The number of nitrogens with one attached hydrogen (secondary N) is 1. The van der Waals surface area contributed by atoms with Gasteiger partial charge in [0.1, 0.15) is 0 Å². The topological polar surface area (TPSA) is 29.1 Å². The highest BCUT2D eigenvalue weighted by Crippen LogP contribution is 2.19. The Morgan fingerprint density at radius 2 is 2.57 bits per heavy atom. The predicted molar refractivity (Wildman–Crippen MR) is 35.8 cm³/mol. The van der Waals surface area contributed by atoms with E-state index < -0.39 is 0 Å². The van der Waals surface area contributed by atoms with Gasteiger partial charge < -0.3 is 5.32 Å². The zero-order valence-electron chi connectivity index (χ0n) is 3.76. The molecule has 0 fully saturated rings. The number of hydrogen-bond donors (Lipinski definition) is 2. The van der Waals surface area contributed by atoms with E-state index in [9.17, 15) is 4.79 Å². The minimum atomic E-state index is 0.0687. The quantitative estimate of drug-likeness (QED) is 0.294. The molecule has 0 aromatic carbocycles. The molecule has 1 aliphatic rings. The fourth-order valence-corrected chi connectivity index (χ4v) is 1.88. The maximum Gasteiger partial charge on any atom is 0.293 e. The highest BCUT2D eigenvalue weighted by molar-refractivity contribution is 8.81. The van der Waals surface area contributed by atoms with Gasteiger partial charge in [-0.15, -0.1) is 10.4 Å². The molecule has 0 radical (unpaired) electrons. The number of rotatable bonds is 0. The van der Waals surface area contributed by atoms with Crippen LogP contribution in [0.2, 0.25) is 0 Å². The van der Waals surface area contributed by atoms with Crippen LogP contribution >= 0.6 is 21.2 Å². The van der Waals surface area contributed by atoms with Gasteiger partial charge in [0.05, 0.1) is 0 Å². The molecule has 2 nitrogen and oxygen atoms in total. The third kappa shape index (κ3) is 1.21. The number of carbonyl (C=O) groups is 1. The van der Waals surface area contributed by atoms with E-state index in [0.717, 1.165) is 15.4 Å². The van der Waals surface area contributed by atoms with Crippen molar-refractivity contribution < 1.29 is 4.79 Å². The fourth-order valence-electron chi connectivity index (χ4n) is 0.303. The Hall–Kier alpha value is 0.0400. The molecule has 40 valence electrons.